The minimum atomic E-state index is 0.463. The van der Waals surface area contributed by atoms with E-state index in [1.807, 2.05) is 72.8 Å². The number of aromatic amines is 1. The largest absolute Gasteiger partial charge is 0.485 e. The summed E-state index contributed by atoms with van der Waals surface area (Å²) in [6.45, 7) is 0.463. The highest BCUT2D eigenvalue weighted by atomic mass is 16.5. The minimum Gasteiger partial charge on any atom is -0.485 e. The quantitative estimate of drug-likeness (QED) is 0.480. The number of rotatable bonds is 6. The van der Waals surface area contributed by atoms with Crippen molar-refractivity contribution >= 4 is 17.2 Å². The maximum absolute atomic E-state index is 11.0. The Kier molecular flexibility index (Phi) is 4.39. The molecule has 0 amide bonds. The normalized spacial score (nSPS) is 10.6. The van der Waals surface area contributed by atoms with Crippen molar-refractivity contribution in [3.05, 3.63) is 90.1 Å². The first-order chi connectivity index (χ1) is 12.8. The lowest BCUT2D eigenvalue weighted by Crippen LogP contribution is -1.97. The van der Waals surface area contributed by atoms with Gasteiger partial charge in [0.2, 0.25) is 0 Å². The van der Waals surface area contributed by atoms with Crippen molar-refractivity contribution in [3.63, 3.8) is 0 Å². The molecule has 0 atom stereocenters. The van der Waals surface area contributed by atoms with Gasteiger partial charge >= 0.3 is 0 Å². The summed E-state index contributed by atoms with van der Waals surface area (Å²) in [5.74, 6) is 1.96. The van der Waals surface area contributed by atoms with E-state index in [1.54, 1.807) is 6.07 Å². The molecular formula is C22H17NO3. The lowest BCUT2D eigenvalue weighted by molar-refractivity contribution is 0.112. The van der Waals surface area contributed by atoms with Gasteiger partial charge < -0.3 is 14.5 Å². The Labute approximate surface area is 151 Å². The van der Waals surface area contributed by atoms with E-state index in [4.69, 9.17) is 9.47 Å². The number of para-hydroxylation sites is 2. The van der Waals surface area contributed by atoms with Gasteiger partial charge in [-0.25, -0.2) is 0 Å². The van der Waals surface area contributed by atoms with Crippen LogP contribution in [0.3, 0.4) is 0 Å². The zero-order chi connectivity index (χ0) is 17.8. The van der Waals surface area contributed by atoms with Crippen molar-refractivity contribution in [2.24, 2.45) is 0 Å². The Morgan fingerprint density at radius 1 is 0.808 bits per heavy atom. The van der Waals surface area contributed by atoms with Gasteiger partial charge in [0.1, 0.15) is 12.4 Å². The zero-order valence-electron chi connectivity index (χ0n) is 14.0. The first-order valence-electron chi connectivity index (χ1n) is 8.34. The van der Waals surface area contributed by atoms with E-state index in [9.17, 15) is 4.79 Å². The first kappa shape index (κ1) is 16.0. The van der Waals surface area contributed by atoms with E-state index in [1.165, 1.54) is 0 Å². The Morgan fingerprint density at radius 2 is 1.54 bits per heavy atom. The third-order valence-electron chi connectivity index (χ3n) is 4.08. The molecule has 4 aromatic rings. The van der Waals surface area contributed by atoms with Gasteiger partial charge in [0.05, 0.1) is 5.69 Å². The third-order valence-corrected chi connectivity index (χ3v) is 4.08. The van der Waals surface area contributed by atoms with Crippen LogP contribution in [-0.4, -0.2) is 11.3 Å². The van der Waals surface area contributed by atoms with Gasteiger partial charge in [-0.3, -0.25) is 4.79 Å². The van der Waals surface area contributed by atoms with E-state index < -0.39 is 0 Å². The molecule has 3 aromatic carbocycles. The maximum atomic E-state index is 11.0. The molecule has 0 radical (unpaired) electrons. The number of hydrogen-bond donors (Lipinski definition) is 1. The summed E-state index contributed by atoms with van der Waals surface area (Å²) < 4.78 is 12.1. The van der Waals surface area contributed by atoms with Crippen LogP contribution >= 0.6 is 0 Å². The van der Waals surface area contributed by atoms with Gasteiger partial charge in [-0.15, -0.1) is 0 Å². The molecule has 0 aliphatic carbocycles. The van der Waals surface area contributed by atoms with Crippen LogP contribution in [0.4, 0.5) is 0 Å². The number of benzene rings is 3. The Morgan fingerprint density at radius 3 is 2.35 bits per heavy atom. The monoisotopic (exact) mass is 343 g/mol. The van der Waals surface area contributed by atoms with Crippen LogP contribution in [0.1, 0.15) is 16.1 Å². The van der Waals surface area contributed by atoms with Crippen LogP contribution in [0.25, 0.3) is 10.9 Å². The summed E-state index contributed by atoms with van der Waals surface area (Å²) in [7, 11) is 0. The van der Waals surface area contributed by atoms with Crippen molar-refractivity contribution in [3.8, 4) is 17.2 Å². The van der Waals surface area contributed by atoms with Gasteiger partial charge in [-0.1, -0.05) is 48.5 Å². The molecule has 4 nitrogen and oxygen atoms in total. The standard InChI is InChI=1S/C22H17NO3/c24-14-17-13-18-19(23-17)9-6-12-20(18)26-22-11-5-4-10-21(22)25-15-16-7-2-1-3-8-16/h1-14,23H,15H2. The number of aldehydes is 1. The predicted octanol–water partition coefficient (Wildman–Crippen LogP) is 5.35. The van der Waals surface area contributed by atoms with Gasteiger partial charge in [-0.2, -0.15) is 0 Å². The number of aromatic nitrogens is 1. The third kappa shape index (κ3) is 3.30. The molecule has 0 bridgehead atoms. The van der Waals surface area contributed by atoms with Crippen LogP contribution in [-0.2, 0) is 6.61 Å². The van der Waals surface area contributed by atoms with Gasteiger partial charge in [0.15, 0.2) is 17.8 Å². The SMILES string of the molecule is O=Cc1cc2c(Oc3ccccc3OCc3ccccc3)cccc2[nH]1. The molecule has 4 heteroatoms. The average Bonchev–Trinajstić information content (AvgIpc) is 3.13. The number of carbonyl (C=O) groups is 1. The van der Waals surface area contributed by atoms with Crippen LogP contribution in [0.5, 0.6) is 17.2 Å². The van der Waals surface area contributed by atoms with E-state index in [0.29, 0.717) is 29.5 Å². The van der Waals surface area contributed by atoms with Crippen LogP contribution < -0.4 is 9.47 Å². The van der Waals surface area contributed by atoms with Gasteiger partial charge in [0, 0.05) is 10.9 Å². The van der Waals surface area contributed by atoms with E-state index in [-0.39, 0.29) is 0 Å². The second-order valence-electron chi connectivity index (χ2n) is 5.88. The fraction of sp³-hybridized carbons (Fsp3) is 0.0455. The number of H-pyrrole nitrogens is 1. The summed E-state index contributed by atoms with van der Waals surface area (Å²) >= 11 is 0. The Bertz CT molecular complexity index is 1040. The highest BCUT2D eigenvalue weighted by molar-refractivity contribution is 5.92. The first-order valence-corrected chi connectivity index (χ1v) is 8.34. The summed E-state index contributed by atoms with van der Waals surface area (Å²) in [6.07, 6.45) is 0.792. The van der Waals surface area contributed by atoms with Gasteiger partial charge in [0.25, 0.3) is 0 Å². The Hall–Kier alpha value is -3.53. The topological polar surface area (TPSA) is 51.3 Å². The van der Waals surface area contributed by atoms with E-state index in [0.717, 1.165) is 22.8 Å². The highest BCUT2D eigenvalue weighted by Gasteiger charge is 2.10. The number of nitrogens with one attached hydrogen (secondary N) is 1. The van der Waals surface area contributed by atoms with Gasteiger partial charge in [-0.05, 0) is 35.9 Å². The molecule has 128 valence electrons. The molecule has 0 aliphatic heterocycles. The summed E-state index contributed by atoms with van der Waals surface area (Å²) in [5.41, 5.74) is 2.46. The van der Waals surface area contributed by atoms with E-state index >= 15 is 0 Å². The molecule has 1 heterocycles. The molecule has 1 aromatic heterocycles. The van der Waals surface area contributed by atoms with Crippen molar-refractivity contribution in [1.29, 1.82) is 0 Å². The molecule has 0 unspecified atom stereocenters. The molecule has 4 rings (SSSR count). The zero-order valence-corrected chi connectivity index (χ0v) is 14.0. The van der Waals surface area contributed by atoms with Crippen molar-refractivity contribution < 1.29 is 14.3 Å². The van der Waals surface area contributed by atoms with Crippen molar-refractivity contribution in [2.75, 3.05) is 0 Å². The summed E-state index contributed by atoms with van der Waals surface area (Å²) in [6, 6.07) is 25.0. The molecule has 0 spiro atoms. The minimum absolute atomic E-state index is 0.463. The average molecular weight is 343 g/mol. The highest BCUT2D eigenvalue weighted by Crippen LogP contribution is 2.35. The Balaban J connectivity index is 1.61. The lowest BCUT2D eigenvalue weighted by atomic mass is 10.2. The summed E-state index contributed by atoms with van der Waals surface area (Å²) in [5, 5.41) is 0.854. The number of ether oxygens (including phenoxy) is 2. The summed E-state index contributed by atoms with van der Waals surface area (Å²) in [4.78, 5) is 14.1. The van der Waals surface area contributed by atoms with Crippen molar-refractivity contribution in [1.82, 2.24) is 4.98 Å². The fourth-order valence-electron chi connectivity index (χ4n) is 2.81. The molecule has 0 aliphatic rings. The smallest absolute Gasteiger partial charge is 0.169 e. The van der Waals surface area contributed by atoms with Crippen LogP contribution in [0.15, 0.2) is 78.9 Å². The molecule has 0 saturated carbocycles. The molecule has 26 heavy (non-hydrogen) atoms. The number of fused-ring (bicyclic) bond motifs is 1. The van der Waals surface area contributed by atoms with E-state index in [2.05, 4.69) is 4.98 Å². The second kappa shape index (κ2) is 7.15. The molecule has 1 N–H and O–H groups in total. The predicted molar refractivity (Wildman–Crippen MR) is 101 cm³/mol. The van der Waals surface area contributed by atoms with Crippen molar-refractivity contribution in [2.45, 2.75) is 6.61 Å². The maximum Gasteiger partial charge on any atom is 0.169 e. The van der Waals surface area contributed by atoms with Crippen LogP contribution in [0.2, 0.25) is 0 Å². The number of carbonyl (C=O) groups excluding carboxylic acids is 1. The molecule has 0 fully saturated rings. The fourth-order valence-corrected chi connectivity index (χ4v) is 2.81. The molecule has 0 saturated heterocycles. The van der Waals surface area contributed by atoms with Crippen LogP contribution in [0, 0.1) is 0 Å². The molecular weight excluding hydrogens is 326 g/mol. The second-order valence-corrected chi connectivity index (χ2v) is 5.88. The number of hydrogen-bond acceptors (Lipinski definition) is 3. The lowest BCUT2D eigenvalue weighted by Gasteiger charge is -2.13.